The summed E-state index contributed by atoms with van der Waals surface area (Å²) in [4.78, 5) is 19.2. The SMILES string of the molecule is COc1cc2c(Oc3ccc4c(c3)C=C(C)C4)ccnc2cc1OCCC(=O)N1CCC2(CC1)COC2. The van der Waals surface area contributed by atoms with E-state index in [4.69, 9.17) is 18.9 Å². The molecule has 0 bridgehead atoms. The van der Waals surface area contributed by atoms with Crippen molar-refractivity contribution >= 4 is 22.9 Å². The third kappa shape index (κ3) is 4.76. The molecule has 3 aromatic rings. The maximum Gasteiger partial charge on any atom is 0.225 e. The van der Waals surface area contributed by atoms with Gasteiger partial charge in [-0.05, 0) is 61.6 Å². The van der Waals surface area contributed by atoms with E-state index in [0.717, 1.165) is 62.2 Å². The Morgan fingerprint density at radius 3 is 2.68 bits per heavy atom. The van der Waals surface area contributed by atoms with Crippen LogP contribution in [0.5, 0.6) is 23.0 Å². The number of fused-ring (bicyclic) bond motifs is 2. The van der Waals surface area contributed by atoms with Gasteiger partial charge in [-0.3, -0.25) is 9.78 Å². The highest BCUT2D eigenvalue weighted by Gasteiger charge is 2.41. The van der Waals surface area contributed by atoms with Gasteiger partial charge in [0.2, 0.25) is 5.91 Å². The molecule has 3 heterocycles. The van der Waals surface area contributed by atoms with E-state index in [1.54, 1.807) is 13.3 Å². The van der Waals surface area contributed by atoms with Crippen LogP contribution in [0.3, 0.4) is 0 Å². The van der Waals surface area contributed by atoms with E-state index < -0.39 is 0 Å². The molecule has 2 aromatic carbocycles. The molecule has 7 heteroatoms. The first-order valence-electron chi connectivity index (χ1n) is 12.9. The standard InChI is InChI=1S/C30H32N2O5/c1-20-13-21-3-4-23(15-22(21)14-20)37-26-5-9-31-25-17-28(27(34-2)16-24(25)26)36-12-6-29(33)32-10-7-30(8-11-32)18-35-19-30/h3-5,9,14-17H,6-8,10-13,18-19H2,1-2H3. The van der Waals surface area contributed by atoms with Gasteiger partial charge in [0.1, 0.15) is 11.5 Å². The lowest BCUT2D eigenvalue weighted by atomic mass is 9.77. The number of allylic oxidation sites excluding steroid dienone is 1. The van der Waals surface area contributed by atoms with Crippen LogP contribution in [-0.2, 0) is 16.0 Å². The van der Waals surface area contributed by atoms with E-state index in [9.17, 15) is 4.79 Å². The number of carbonyl (C=O) groups excluding carboxylic acids is 1. The van der Waals surface area contributed by atoms with Crippen molar-refractivity contribution in [3.63, 3.8) is 0 Å². The van der Waals surface area contributed by atoms with E-state index >= 15 is 0 Å². The minimum Gasteiger partial charge on any atom is -0.493 e. The zero-order valence-electron chi connectivity index (χ0n) is 21.4. The predicted molar refractivity (Wildman–Crippen MR) is 141 cm³/mol. The number of hydrogen-bond acceptors (Lipinski definition) is 6. The van der Waals surface area contributed by atoms with Gasteiger partial charge in [-0.25, -0.2) is 0 Å². The van der Waals surface area contributed by atoms with Crippen LogP contribution >= 0.6 is 0 Å². The van der Waals surface area contributed by atoms with Crippen molar-refractivity contribution in [2.75, 3.05) is 40.0 Å². The molecule has 0 N–H and O–H groups in total. The highest BCUT2D eigenvalue weighted by Crippen LogP contribution is 2.39. The van der Waals surface area contributed by atoms with Gasteiger partial charge in [0.25, 0.3) is 0 Å². The van der Waals surface area contributed by atoms with Crippen LogP contribution in [0.4, 0.5) is 0 Å². The fourth-order valence-corrected chi connectivity index (χ4v) is 5.48. The van der Waals surface area contributed by atoms with Gasteiger partial charge in [0.15, 0.2) is 11.5 Å². The molecule has 2 saturated heterocycles. The Labute approximate surface area is 217 Å². The van der Waals surface area contributed by atoms with Crippen molar-refractivity contribution in [3.8, 4) is 23.0 Å². The quantitative estimate of drug-likeness (QED) is 0.433. The van der Waals surface area contributed by atoms with Crippen LogP contribution in [0.15, 0.2) is 48.2 Å². The molecule has 1 aromatic heterocycles. The molecular weight excluding hydrogens is 468 g/mol. The molecule has 192 valence electrons. The minimum absolute atomic E-state index is 0.128. The fraction of sp³-hybridized carbons (Fsp3) is 0.400. The molecule has 1 spiro atoms. The van der Waals surface area contributed by atoms with E-state index in [1.807, 2.05) is 29.2 Å². The summed E-state index contributed by atoms with van der Waals surface area (Å²) in [5.74, 6) is 2.75. The number of piperidine rings is 1. The first-order valence-corrected chi connectivity index (χ1v) is 12.9. The molecule has 0 saturated carbocycles. The Hall–Kier alpha value is -3.58. The van der Waals surface area contributed by atoms with Gasteiger partial charge in [0, 0.05) is 36.2 Å². The number of amides is 1. The Morgan fingerprint density at radius 2 is 1.92 bits per heavy atom. The second-order valence-electron chi connectivity index (χ2n) is 10.4. The van der Waals surface area contributed by atoms with Crippen LogP contribution in [-0.4, -0.2) is 55.8 Å². The molecule has 1 amide bonds. The average molecular weight is 501 g/mol. The third-order valence-corrected chi connectivity index (χ3v) is 7.77. The molecule has 1 aliphatic carbocycles. The number of hydrogen-bond donors (Lipinski definition) is 0. The summed E-state index contributed by atoms with van der Waals surface area (Å²) in [7, 11) is 1.61. The summed E-state index contributed by atoms with van der Waals surface area (Å²) < 4.78 is 23.3. The molecule has 2 aliphatic heterocycles. The maximum absolute atomic E-state index is 12.7. The lowest BCUT2D eigenvalue weighted by Gasteiger charge is -2.47. The summed E-state index contributed by atoms with van der Waals surface area (Å²) in [6, 6.07) is 11.8. The highest BCUT2D eigenvalue weighted by molar-refractivity contribution is 5.88. The van der Waals surface area contributed by atoms with Crippen molar-refractivity contribution in [3.05, 3.63) is 59.3 Å². The smallest absolute Gasteiger partial charge is 0.225 e. The second kappa shape index (κ2) is 9.71. The summed E-state index contributed by atoms with van der Waals surface area (Å²) in [6.45, 7) is 5.70. The molecule has 0 radical (unpaired) electrons. The molecule has 7 nitrogen and oxygen atoms in total. The fourth-order valence-electron chi connectivity index (χ4n) is 5.48. The Bertz CT molecular complexity index is 1370. The first-order chi connectivity index (χ1) is 18.0. The van der Waals surface area contributed by atoms with E-state index in [1.165, 1.54) is 16.7 Å². The largest absolute Gasteiger partial charge is 0.493 e. The molecule has 0 atom stereocenters. The van der Waals surface area contributed by atoms with Crippen LogP contribution in [0, 0.1) is 5.41 Å². The summed E-state index contributed by atoms with van der Waals surface area (Å²) in [5, 5.41) is 0.831. The lowest BCUT2D eigenvalue weighted by molar-refractivity contribution is -0.153. The number of rotatable bonds is 7. The number of aromatic nitrogens is 1. The van der Waals surface area contributed by atoms with Gasteiger partial charge in [-0.1, -0.05) is 17.7 Å². The number of nitrogens with zero attached hydrogens (tertiary/aromatic N) is 2. The van der Waals surface area contributed by atoms with Crippen molar-refractivity contribution in [2.24, 2.45) is 5.41 Å². The number of methoxy groups -OCH3 is 1. The monoisotopic (exact) mass is 500 g/mol. The average Bonchev–Trinajstić information content (AvgIpc) is 3.27. The van der Waals surface area contributed by atoms with Crippen molar-refractivity contribution in [1.82, 2.24) is 9.88 Å². The molecule has 37 heavy (non-hydrogen) atoms. The summed E-state index contributed by atoms with van der Waals surface area (Å²) >= 11 is 0. The highest BCUT2D eigenvalue weighted by atomic mass is 16.5. The maximum atomic E-state index is 12.7. The Morgan fingerprint density at radius 1 is 1.08 bits per heavy atom. The Kier molecular flexibility index (Phi) is 6.24. The van der Waals surface area contributed by atoms with Gasteiger partial charge < -0.3 is 23.8 Å². The topological polar surface area (TPSA) is 70.1 Å². The number of benzene rings is 2. The summed E-state index contributed by atoms with van der Waals surface area (Å²) in [6.07, 6.45) is 7.30. The van der Waals surface area contributed by atoms with Crippen LogP contribution in [0.25, 0.3) is 17.0 Å². The minimum atomic E-state index is 0.128. The zero-order valence-corrected chi connectivity index (χ0v) is 21.4. The Balaban J connectivity index is 1.13. The second-order valence-corrected chi connectivity index (χ2v) is 10.4. The molecular formula is C30H32N2O5. The third-order valence-electron chi connectivity index (χ3n) is 7.77. The van der Waals surface area contributed by atoms with Gasteiger partial charge in [0.05, 0.1) is 38.9 Å². The lowest BCUT2D eigenvalue weighted by Crippen LogP contribution is -2.52. The zero-order chi connectivity index (χ0) is 25.4. The predicted octanol–water partition coefficient (Wildman–Crippen LogP) is 5.40. The number of pyridine rings is 1. The molecule has 0 unspecified atom stereocenters. The van der Waals surface area contributed by atoms with E-state index in [0.29, 0.717) is 29.1 Å². The number of likely N-dealkylation sites (tertiary alicyclic amines) is 1. The van der Waals surface area contributed by atoms with Gasteiger partial charge in [-0.2, -0.15) is 0 Å². The molecule has 6 rings (SSSR count). The first kappa shape index (κ1) is 23.8. The van der Waals surface area contributed by atoms with Crippen molar-refractivity contribution in [1.29, 1.82) is 0 Å². The van der Waals surface area contributed by atoms with Crippen molar-refractivity contribution < 1.29 is 23.7 Å². The van der Waals surface area contributed by atoms with Gasteiger partial charge >= 0.3 is 0 Å². The number of ether oxygens (including phenoxy) is 4. The normalized spacial score (nSPS) is 17.8. The van der Waals surface area contributed by atoms with Crippen LogP contribution in [0.2, 0.25) is 0 Å². The van der Waals surface area contributed by atoms with Gasteiger partial charge in [-0.15, -0.1) is 0 Å². The summed E-state index contributed by atoms with van der Waals surface area (Å²) in [5.41, 5.74) is 4.94. The van der Waals surface area contributed by atoms with E-state index in [-0.39, 0.29) is 12.5 Å². The van der Waals surface area contributed by atoms with E-state index in [2.05, 4.69) is 30.1 Å². The van der Waals surface area contributed by atoms with Crippen molar-refractivity contribution in [2.45, 2.75) is 32.6 Å². The molecule has 3 aliphatic rings. The van der Waals surface area contributed by atoms with Crippen LogP contribution < -0.4 is 14.2 Å². The molecule has 2 fully saturated rings. The number of carbonyl (C=O) groups is 1. The van der Waals surface area contributed by atoms with Crippen LogP contribution in [0.1, 0.15) is 37.3 Å².